The number of aromatic amines is 1. The van der Waals surface area contributed by atoms with Crippen LogP contribution in [0, 0.1) is 0 Å². The monoisotopic (exact) mass is 255 g/mol. The topological polar surface area (TPSA) is 57.8 Å². The van der Waals surface area contributed by atoms with Crippen LogP contribution in [0.5, 0.6) is 0 Å². The molecule has 2 N–H and O–H groups in total. The summed E-state index contributed by atoms with van der Waals surface area (Å²) in [6, 6.07) is 4.21. The Kier molecular flexibility index (Phi) is 3.05. The fraction of sp³-hybridized carbons (Fsp3) is 0.0909. The molecule has 0 fully saturated rings. The Balaban J connectivity index is 2.09. The lowest BCUT2D eigenvalue weighted by molar-refractivity contribution is -0.137. The summed E-state index contributed by atoms with van der Waals surface area (Å²) in [6.45, 7) is 0. The van der Waals surface area contributed by atoms with Gasteiger partial charge in [-0.1, -0.05) is 0 Å². The van der Waals surface area contributed by atoms with Gasteiger partial charge in [-0.2, -0.15) is 18.3 Å². The molecule has 94 valence electrons. The fourth-order valence-corrected chi connectivity index (χ4v) is 1.32. The first kappa shape index (κ1) is 12.2. The Morgan fingerprint density at radius 2 is 1.89 bits per heavy atom. The summed E-state index contributed by atoms with van der Waals surface area (Å²) in [5.41, 5.74) is -0.173. The molecule has 4 nitrogen and oxygen atoms in total. The van der Waals surface area contributed by atoms with E-state index in [9.17, 15) is 18.0 Å². The molecule has 0 saturated heterocycles. The molecule has 0 aliphatic heterocycles. The van der Waals surface area contributed by atoms with Gasteiger partial charge in [-0.15, -0.1) is 0 Å². The van der Waals surface area contributed by atoms with Crippen LogP contribution in [0.3, 0.4) is 0 Å². The van der Waals surface area contributed by atoms with Gasteiger partial charge in [0.15, 0.2) is 0 Å². The molecule has 0 aliphatic carbocycles. The largest absolute Gasteiger partial charge is 0.416 e. The maximum absolute atomic E-state index is 12.3. The van der Waals surface area contributed by atoms with Crippen molar-refractivity contribution >= 4 is 11.6 Å². The number of halogens is 3. The number of anilines is 1. The van der Waals surface area contributed by atoms with Crippen molar-refractivity contribution in [2.45, 2.75) is 6.18 Å². The predicted molar refractivity (Wildman–Crippen MR) is 58.0 cm³/mol. The predicted octanol–water partition coefficient (Wildman–Crippen LogP) is 2.68. The number of rotatable bonds is 2. The van der Waals surface area contributed by atoms with Gasteiger partial charge in [-0.3, -0.25) is 9.89 Å². The van der Waals surface area contributed by atoms with Crippen molar-refractivity contribution in [3.05, 3.63) is 47.8 Å². The third-order valence-corrected chi connectivity index (χ3v) is 2.23. The lowest BCUT2D eigenvalue weighted by atomic mass is 10.2. The van der Waals surface area contributed by atoms with Gasteiger partial charge in [0.2, 0.25) is 0 Å². The zero-order valence-corrected chi connectivity index (χ0v) is 8.95. The van der Waals surface area contributed by atoms with E-state index in [1.807, 2.05) is 0 Å². The molecule has 7 heteroatoms. The minimum atomic E-state index is -4.38. The highest BCUT2D eigenvalue weighted by Crippen LogP contribution is 2.29. The van der Waals surface area contributed by atoms with Gasteiger partial charge in [0.25, 0.3) is 5.91 Å². The van der Waals surface area contributed by atoms with E-state index in [1.54, 1.807) is 0 Å². The van der Waals surface area contributed by atoms with Gasteiger partial charge >= 0.3 is 6.18 Å². The van der Waals surface area contributed by atoms with Gasteiger partial charge in [-0.05, 0) is 24.3 Å². The van der Waals surface area contributed by atoms with E-state index in [-0.39, 0.29) is 5.69 Å². The van der Waals surface area contributed by atoms with Crippen molar-refractivity contribution in [1.29, 1.82) is 0 Å². The number of alkyl halides is 3. The number of hydrogen-bond donors (Lipinski definition) is 2. The molecule has 1 aromatic heterocycles. The van der Waals surface area contributed by atoms with Crippen LogP contribution >= 0.6 is 0 Å². The lowest BCUT2D eigenvalue weighted by Gasteiger charge is -2.08. The van der Waals surface area contributed by atoms with E-state index in [0.717, 1.165) is 12.1 Å². The quantitative estimate of drug-likeness (QED) is 0.866. The number of nitrogens with one attached hydrogen (secondary N) is 2. The maximum atomic E-state index is 12.3. The smallest absolute Gasteiger partial charge is 0.322 e. The second-order valence-corrected chi connectivity index (χ2v) is 3.52. The number of amides is 1. The second-order valence-electron chi connectivity index (χ2n) is 3.52. The first-order chi connectivity index (χ1) is 8.47. The summed E-state index contributed by atoms with van der Waals surface area (Å²) < 4.78 is 36.9. The maximum Gasteiger partial charge on any atom is 0.416 e. The van der Waals surface area contributed by atoms with Crippen LogP contribution in [0.4, 0.5) is 18.9 Å². The van der Waals surface area contributed by atoms with Crippen LogP contribution in [-0.2, 0) is 6.18 Å². The molecule has 0 atom stereocenters. The minimum Gasteiger partial charge on any atom is -0.322 e. The highest BCUT2D eigenvalue weighted by Gasteiger charge is 2.29. The normalized spacial score (nSPS) is 11.3. The Labute approximate surface area is 99.8 Å². The van der Waals surface area contributed by atoms with Gasteiger partial charge in [0.1, 0.15) is 0 Å². The number of aromatic nitrogens is 2. The Bertz CT molecular complexity index is 532. The van der Waals surface area contributed by atoms with Crippen LogP contribution in [0.2, 0.25) is 0 Å². The molecule has 0 unspecified atom stereocenters. The second kappa shape index (κ2) is 4.52. The molecular weight excluding hydrogens is 247 g/mol. The molecule has 1 heterocycles. The van der Waals surface area contributed by atoms with E-state index in [4.69, 9.17) is 0 Å². The van der Waals surface area contributed by atoms with Crippen LogP contribution in [0.25, 0.3) is 0 Å². The summed E-state index contributed by atoms with van der Waals surface area (Å²) in [5, 5.41) is 8.52. The first-order valence-electron chi connectivity index (χ1n) is 4.94. The fourth-order valence-electron chi connectivity index (χ4n) is 1.32. The molecule has 0 bridgehead atoms. The molecule has 1 aromatic carbocycles. The number of carbonyl (C=O) groups excluding carboxylic acids is 1. The highest BCUT2D eigenvalue weighted by molar-refractivity contribution is 6.03. The minimum absolute atomic E-state index is 0.286. The highest BCUT2D eigenvalue weighted by atomic mass is 19.4. The molecule has 2 rings (SSSR count). The van der Waals surface area contributed by atoms with Crippen molar-refractivity contribution in [3.8, 4) is 0 Å². The number of benzene rings is 1. The third kappa shape index (κ3) is 2.68. The summed E-state index contributed by atoms with van der Waals surface area (Å²) in [5.74, 6) is -0.441. The average Bonchev–Trinajstić information content (AvgIpc) is 2.82. The molecule has 1 amide bonds. The van der Waals surface area contributed by atoms with Gasteiger partial charge in [0, 0.05) is 11.9 Å². The Hall–Kier alpha value is -2.31. The summed E-state index contributed by atoms with van der Waals surface area (Å²) in [4.78, 5) is 11.6. The number of nitrogens with zero attached hydrogens (tertiary/aromatic N) is 1. The lowest BCUT2D eigenvalue weighted by Crippen LogP contribution is -2.11. The molecule has 18 heavy (non-hydrogen) atoms. The van der Waals surface area contributed by atoms with Crippen molar-refractivity contribution < 1.29 is 18.0 Å². The van der Waals surface area contributed by atoms with E-state index in [2.05, 4.69) is 15.5 Å². The van der Waals surface area contributed by atoms with Crippen LogP contribution in [0.15, 0.2) is 36.7 Å². The molecule has 0 radical (unpaired) electrons. The van der Waals surface area contributed by atoms with E-state index < -0.39 is 17.6 Å². The van der Waals surface area contributed by atoms with Crippen molar-refractivity contribution in [3.63, 3.8) is 0 Å². The molecule has 0 aliphatic rings. The van der Waals surface area contributed by atoms with E-state index in [1.165, 1.54) is 24.5 Å². The van der Waals surface area contributed by atoms with Crippen molar-refractivity contribution in [2.24, 2.45) is 0 Å². The van der Waals surface area contributed by atoms with Crippen molar-refractivity contribution in [1.82, 2.24) is 10.2 Å². The summed E-state index contributed by atoms with van der Waals surface area (Å²) in [7, 11) is 0. The number of carbonyl (C=O) groups is 1. The standard InChI is InChI=1S/C11H8F3N3O/c12-11(13,14)8-1-3-9(4-2-8)17-10(18)7-5-15-16-6-7/h1-6H,(H,15,16)(H,17,18). The molecule has 0 saturated carbocycles. The van der Waals surface area contributed by atoms with Crippen LogP contribution in [-0.4, -0.2) is 16.1 Å². The number of H-pyrrole nitrogens is 1. The SMILES string of the molecule is O=C(Nc1ccc(C(F)(F)F)cc1)c1cn[nH]c1. The van der Waals surface area contributed by atoms with Crippen molar-refractivity contribution in [2.75, 3.05) is 5.32 Å². The molecule has 0 spiro atoms. The summed E-state index contributed by atoms with van der Waals surface area (Å²) in [6.07, 6.45) is -1.67. The molecule has 2 aromatic rings. The zero-order valence-electron chi connectivity index (χ0n) is 8.95. The first-order valence-corrected chi connectivity index (χ1v) is 4.94. The average molecular weight is 255 g/mol. The van der Waals surface area contributed by atoms with E-state index >= 15 is 0 Å². The van der Waals surface area contributed by atoms with Gasteiger partial charge in [0.05, 0.1) is 17.3 Å². The Morgan fingerprint density at radius 3 is 2.39 bits per heavy atom. The number of hydrogen-bond acceptors (Lipinski definition) is 2. The van der Waals surface area contributed by atoms with Crippen LogP contribution in [0.1, 0.15) is 15.9 Å². The van der Waals surface area contributed by atoms with Crippen LogP contribution < -0.4 is 5.32 Å². The van der Waals surface area contributed by atoms with E-state index in [0.29, 0.717) is 5.56 Å². The zero-order chi connectivity index (χ0) is 13.2. The molecular formula is C11H8F3N3O. The Morgan fingerprint density at radius 1 is 1.22 bits per heavy atom. The van der Waals surface area contributed by atoms with Gasteiger partial charge in [-0.25, -0.2) is 0 Å². The third-order valence-electron chi connectivity index (χ3n) is 2.23. The van der Waals surface area contributed by atoms with Gasteiger partial charge < -0.3 is 5.32 Å². The summed E-state index contributed by atoms with van der Waals surface area (Å²) >= 11 is 0.